The predicted molar refractivity (Wildman–Crippen MR) is 86.7 cm³/mol. The summed E-state index contributed by atoms with van der Waals surface area (Å²) < 4.78 is 23.7. The van der Waals surface area contributed by atoms with Crippen molar-refractivity contribution < 1.29 is 23.6 Å². The molecule has 8 heteroatoms. The van der Waals surface area contributed by atoms with Gasteiger partial charge in [-0.3, -0.25) is 10.1 Å². The molecule has 0 unspecified atom stereocenters. The third kappa shape index (κ3) is 3.23. The van der Waals surface area contributed by atoms with Crippen molar-refractivity contribution in [2.24, 2.45) is 4.99 Å². The number of aliphatic imine (C=N–C) groups is 1. The molecule has 0 amide bonds. The maximum Gasteiger partial charge on any atom is 0.363 e. The van der Waals surface area contributed by atoms with Gasteiger partial charge in [0.15, 0.2) is 11.4 Å². The van der Waals surface area contributed by atoms with Crippen LogP contribution in [-0.4, -0.2) is 23.9 Å². The molecule has 1 aliphatic rings. The lowest BCUT2D eigenvalue weighted by Crippen LogP contribution is -2.07. The Morgan fingerprint density at radius 1 is 1.28 bits per heavy atom. The summed E-state index contributed by atoms with van der Waals surface area (Å²) in [7, 11) is 1.32. The Hall–Kier alpha value is -3.55. The second-order valence-electron chi connectivity index (χ2n) is 5.00. The van der Waals surface area contributed by atoms with Crippen LogP contribution >= 0.6 is 0 Å². The van der Waals surface area contributed by atoms with Crippen molar-refractivity contribution in [1.29, 1.82) is 0 Å². The van der Waals surface area contributed by atoms with Gasteiger partial charge in [-0.25, -0.2) is 14.2 Å². The van der Waals surface area contributed by atoms with E-state index in [1.807, 2.05) is 0 Å². The molecule has 0 fully saturated rings. The SMILES string of the molecule is COc1ccc(/C=C2\N=C(c3ccccc3F)OC2=O)cc1[N+](=O)[O-]. The third-order valence-corrected chi connectivity index (χ3v) is 3.43. The molecule has 1 heterocycles. The van der Waals surface area contributed by atoms with Crippen LogP contribution in [0.25, 0.3) is 6.08 Å². The number of esters is 1. The summed E-state index contributed by atoms with van der Waals surface area (Å²) in [4.78, 5) is 26.4. The Morgan fingerprint density at radius 3 is 2.72 bits per heavy atom. The molecule has 0 aliphatic carbocycles. The number of nitro benzene ring substituents is 1. The van der Waals surface area contributed by atoms with E-state index in [4.69, 9.17) is 9.47 Å². The topological polar surface area (TPSA) is 91.0 Å². The summed E-state index contributed by atoms with van der Waals surface area (Å²) in [5.41, 5.74) is 0.0807. The van der Waals surface area contributed by atoms with Crippen molar-refractivity contribution in [3.05, 3.63) is 75.2 Å². The second-order valence-corrected chi connectivity index (χ2v) is 5.00. The number of nitro groups is 1. The molecule has 0 atom stereocenters. The van der Waals surface area contributed by atoms with E-state index >= 15 is 0 Å². The first-order valence-corrected chi connectivity index (χ1v) is 7.09. The minimum Gasteiger partial charge on any atom is -0.490 e. The number of benzene rings is 2. The lowest BCUT2D eigenvalue weighted by atomic mass is 10.1. The molecule has 0 spiro atoms. The smallest absolute Gasteiger partial charge is 0.363 e. The molecule has 0 N–H and O–H groups in total. The van der Waals surface area contributed by atoms with Gasteiger partial charge in [0.1, 0.15) is 5.82 Å². The van der Waals surface area contributed by atoms with E-state index in [9.17, 15) is 19.3 Å². The normalized spacial score (nSPS) is 15.0. The summed E-state index contributed by atoms with van der Waals surface area (Å²) >= 11 is 0. The van der Waals surface area contributed by atoms with Gasteiger partial charge in [0.05, 0.1) is 17.6 Å². The molecule has 3 rings (SSSR count). The number of hydrogen-bond acceptors (Lipinski definition) is 6. The highest BCUT2D eigenvalue weighted by Crippen LogP contribution is 2.29. The summed E-state index contributed by atoms with van der Waals surface area (Å²) in [6.07, 6.45) is 1.32. The number of carbonyl (C=O) groups excluding carboxylic acids is 1. The van der Waals surface area contributed by atoms with Crippen molar-refractivity contribution in [1.82, 2.24) is 0 Å². The van der Waals surface area contributed by atoms with Gasteiger partial charge in [-0.2, -0.15) is 0 Å². The second kappa shape index (κ2) is 6.52. The van der Waals surface area contributed by atoms with Crippen LogP contribution in [-0.2, 0) is 9.53 Å². The van der Waals surface area contributed by atoms with Gasteiger partial charge in [0.2, 0.25) is 5.90 Å². The fraction of sp³-hybridized carbons (Fsp3) is 0.0588. The van der Waals surface area contributed by atoms with Crippen molar-refractivity contribution >= 4 is 23.6 Å². The summed E-state index contributed by atoms with van der Waals surface area (Å²) in [5.74, 6) is -1.40. The quantitative estimate of drug-likeness (QED) is 0.368. The molecule has 7 nitrogen and oxygen atoms in total. The van der Waals surface area contributed by atoms with Crippen LogP contribution in [0.4, 0.5) is 10.1 Å². The van der Waals surface area contributed by atoms with Crippen molar-refractivity contribution in [2.75, 3.05) is 7.11 Å². The van der Waals surface area contributed by atoms with Crippen LogP contribution < -0.4 is 4.74 Å². The Kier molecular flexibility index (Phi) is 4.25. The molecular formula is C17H11FN2O5. The highest BCUT2D eigenvalue weighted by Gasteiger charge is 2.26. The third-order valence-electron chi connectivity index (χ3n) is 3.43. The van der Waals surface area contributed by atoms with Crippen LogP contribution in [0.15, 0.2) is 53.2 Å². The fourth-order valence-electron chi connectivity index (χ4n) is 2.26. The van der Waals surface area contributed by atoms with Crippen LogP contribution in [0, 0.1) is 15.9 Å². The van der Waals surface area contributed by atoms with Crippen LogP contribution in [0.3, 0.4) is 0 Å². The minimum atomic E-state index is -0.767. The zero-order chi connectivity index (χ0) is 18.0. The van der Waals surface area contributed by atoms with E-state index in [2.05, 4.69) is 4.99 Å². The Labute approximate surface area is 141 Å². The fourth-order valence-corrected chi connectivity index (χ4v) is 2.26. The molecule has 0 bridgehead atoms. The number of cyclic esters (lactones) is 1. The lowest BCUT2D eigenvalue weighted by molar-refractivity contribution is -0.385. The van der Waals surface area contributed by atoms with Gasteiger partial charge in [-0.15, -0.1) is 0 Å². The van der Waals surface area contributed by atoms with Crippen molar-refractivity contribution in [2.45, 2.75) is 0 Å². The summed E-state index contributed by atoms with van der Waals surface area (Å²) in [5, 5.41) is 11.1. The average Bonchev–Trinajstić information content (AvgIpc) is 2.95. The number of methoxy groups -OCH3 is 1. The van der Waals surface area contributed by atoms with Gasteiger partial charge in [0.25, 0.3) is 0 Å². The molecule has 0 saturated heterocycles. The highest BCUT2D eigenvalue weighted by atomic mass is 19.1. The Balaban J connectivity index is 1.99. The molecule has 1 aliphatic heterocycles. The van der Waals surface area contributed by atoms with E-state index in [1.165, 1.54) is 49.6 Å². The predicted octanol–water partition coefficient (Wildman–Crippen LogP) is 3.09. The number of carbonyl (C=O) groups is 1. The standard InChI is InChI=1S/C17H11FN2O5/c1-24-15-7-6-10(9-14(15)20(22)23)8-13-17(21)25-16(19-13)11-4-2-3-5-12(11)18/h2-9H,1H3/b13-8-. The minimum absolute atomic E-state index is 0.0555. The number of hydrogen-bond donors (Lipinski definition) is 0. The van der Waals surface area contributed by atoms with Crippen molar-refractivity contribution in [3.63, 3.8) is 0 Å². The summed E-state index contributed by atoms with van der Waals surface area (Å²) in [6, 6.07) is 9.93. The number of halogens is 1. The van der Waals surface area contributed by atoms with Gasteiger partial charge in [-0.05, 0) is 29.8 Å². The van der Waals surface area contributed by atoms with E-state index < -0.39 is 16.7 Å². The first-order chi connectivity index (χ1) is 12.0. The zero-order valence-corrected chi connectivity index (χ0v) is 12.9. The van der Waals surface area contributed by atoms with E-state index in [1.54, 1.807) is 6.07 Å². The van der Waals surface area contributed by atoms with Crippen LogP contribution in [0.1, 0.15) is 11.1 Å². The van der Waals surface area contributed by atoms with Crippen LogP contribution in [0.5, 0.6) is 5.75 Å². The molecular weight excluding hydrogens is 331 g/mol. The number of rotatable bonds is 4. The maximum atomic E-state index is 13.8. The van der Waals surface area contributed by atoms with Gasteiger partial charge >= 0.3 is 11.7 Å². The van der Waals surface area contributed by atoms with Crippen LogP contribution in [0.2, 0.25) is 0 Å². The molecule has 25 heavy (non-hydrogen) atoms. The first-order valence-electron chi connectivity index (χ1n) is 7.09. The number of nitrogens with zero attached hydrogens (tertiary/aromatic N) is 2. The Bertz CT molecular complexity index is 936. The highest BCUT2D eigenvalue weighted by molar-refractivity contribution is 6.12. The molecule has 2 aromatic rings. The molecule has 0 aromatic heterocycles. The molecule has 0 radical (unpaired) electrons. The Morgan fingerprint density at radius 2 is 2.04 bits per heavy atom. The monoisotopic (exact) mass is 342 g/mol. The summed E-state index contributed by atoms with van der Waals surface area (Å²) in [6.45, 7) is 0. The van der Waals surface area contributed by atoms with Gasteiger partial charge in [-0.1, -0.05) is 18.2 Å². The van der Waals surface area contributed by atoms with E-state index in [0.29, 0.717) is 5.56 Å². The molecule has 2 aromatic carbocycles. The van der Waals surface area contributed by atoms with E-state index in [0.717, 1.165) is 0 Å². The zero-order valence-electron chi connectivity index (χ0n) is 12.9. The largest absolute Gasteiger partial charge is 0.490 e. The number of ether oxygens (including phenoxy) is 2. The van der Waals surface area contributed by atoms with Gasteiger partial charge < -0.3 is 9.47 Å². The van der Waals surface area contributed by atoms with E-state index in [-0.39, 0.29) is 28.6 Å². The maximum absolute atomic E-state index is 13.8. The molecule has 0 saturated carbocycles. The average molecular weight is 342 g/mol. The molecule has 126 valence electrons. The van der Waals surface area contributed by atoms with Crippen molar-refractivity contribution in [3.8, 4) is 5.75 Å². The lowest BCUT2D eigenvalue weighted by Gasteiger charge is -2.02. The first kappa shape index (κ1) is 16.3. The van der Waals surface area contributed by atoms with Gasteiger partial charge in [0, 0.05) is 6.07 Å².